The van der Waals surface area contributed by atoms with Crippen molar-refractivity contribution in [2.45, 2.75) is 38.5 Å². The van der Waals surface area contributed by atoms with E-state index in [1.165, 1.54) is 29.5 Å². The van der Waals surface area contributed by atoms with E-state index in [4.69, 9.17) is 0 Å². The quantitative estimate of drug-likeness (QED) is 0.570. The van der Waals surface area contributed by atoms with Gasteiger partial charge in [0.1, 0.15) is 5.82 Å². The lowest BCUT2D eigenvalue weighted by molar-refractivity contribution is -0.121. The Hall–Kier alpha value is -2.67. The van der Waals surface area contributed by atoms with Gasteiger partial charge in [0.05, 0.1) is 5.92 Å². The number of anilines is 1. The number of nitrogens with zero attached hydrogens (tertiary/aromatic N) is 2. The number of likely N-dealkylation sites (tertiary alicyclic amines) is 1. The van der Waals surface area contributed by atoms with Gasteiger partial charge in [-0.25, -0.2) is 4.98 Å². The van der Waals surface area contributed by atoms with Gasteiger partial charge in [-0.15, -0.1) is 0 Å². The molecule has 1 aliphatic heterocycles. The number of carbonyl (C=O) groups is 2. The third kappa shape index (κ3) is 4.11. The molecule has 1 atom stereocenters. The minimum absolute atomic E-state index is 0.00641. The molecule has 2 amide bonds. The zero-order chi connectivity index (χ0) is 21.4. The van der Waals surface area contributed by atoms with Crippen molar-refractivity contribution in [1.82, 2.24) is 14.9 Å². The van der Waals surface area contributed by atoms with Crippen LogP contribution in [0.2, 0.25) is 0 Å². The second-order valence-corrected chi connectivity index (χ2v) is 9.41. The molecule has 1 aliphatic carbocycles. The Kier molecular flexibility index (Phi) is 5.52. The first kappa shape index (κ1) is 20.2. The number of halogens is 1. The highest BCUT2D eigenvalue weighted by atomic mass is 79.9. The van der Waals surface area contributed by atoms with E-state index in [2.05, 4.69) is 31.2 Å². The molecule has 0 spiro atoms. The van der Waals surface area contributed by atoms with Crippen LogP contribution in [0.4, 0.5) is 5.82 Å². The monoisotopic (exact) mass is 480 g/mol. The van der Waals surface area contributed by atoms with Crippen molar-refractivity contribution in [2.24, 2.45) is 5.92 Å². The lowest BCUT2D eigenvalue weighted by Gasteiger charge is -2.32. The summed E-state index contributed by atoms with van der Waals surface area (Å²) in [5.74, 6) is 0.223. The van der Waals surface area contributed by atoms with E-state index in [1.807, 2.05) is 29.2 Å². The molecule has 2 aliphatic rings. The molecule has 0 bridgehead atoms. The van der Waals surface area contributed by atoms with Gasteiger partial charge in [-0.3, -0.25) is 9.59 Å². The van der Waals surface area contributed by atoms with Crippen LogP contribution in [0.25, 0.3) is 10.9 Å². The van der Waals surface area contributed by atoms with Gasteiger partial charge in [0, 0.05) is 45.9 Å². The summed E-state index contributed by atoms with van der Waals surface area (Å²) in [7, 11) is 0. The number of aryl methyl sites for hydroxylation is 2. The second kappa shape index (κ2) is 8.46. The predicted molar refractivity (Wildman–Crippen MR) is 124 cm³/mol. The van der Waals surface area contributed by atoms with Crippen molar-refractivity contribution in [3.05, 3.63) is 57.8 Å². The number of amides is 2. The van der Waals surface area contributed by atoms with Gasteiger partial charge >= 0.3 is 0 Å². The topological polar surface area (TPSA) is 78.1 Å². The van der Waals surface area contributed by atoms with Crippen LogP contribution >= 0.6 is 15.9 Å². The van der Waals surface area contributed by atoms with Crippen LogP contribution in [0.3, 0.4) is 0 Å². The highest BCUT2D eigenvalue weighted by Crippen LogP contribution is 2.30. The summed E-state index contributed by atoms with van der Waals surface area (Å²) in [6.07, 6.45) is 7.83. The van der Waals surface area contributed by atoms with E-state index in [0.29, 0.717) is 24.5 Å². The van der Waals surface area contributed by atoms with Gasteiger partial charge in [0.15, 0.2) is 0 Å². The van der Waals surface area contributed by atoms with Crippen molar-refractivity contribution in [3.8, 4) is 0 Å². The Balaban J connectivity index is 1.31. The van der Waals surface area contributed by atoms with Gasteiger partial charge < -0.3 is 15.2 Å². The normalized spacial score (nSPS) is 18.6. The van der Waals surface area contributed by atoms with Gasteiger partial charge in [0.2, 0.25) is 5.91 Å². The molecule has 1 saturated heterocycles. The predicted octanol–water partition coefficient (Wildman–Crippen LogP) is 4.70. The zero-order valence-electron chi connectivity index (χ0n) is 17.3. The molecule has 2 N–H and O–H groups in total. The molecule has 160 valence electrons. The summed E-state index contributed by atoms with van der Waals surface area (Å²) in [5.41, 5.74) is 4.51. The average Bonchev–Trinajstić information content (AvgIpc) is 3.18. The number of pyridine rings is 1. The summed E-state index contributed by atoms with van der Waals surface area (Å²) >= 11 is 3.35. The van der Waals surface area contributed by atoms with Gasteiger partial charge in [-0.2, -0.15) is 0 Å². The summed E-state index contributed by atoms with van der Waals surface area (Å²) in [6.45, 7) is 1.12. The van der Waals surface area contributed by atoms with Crippen molar-refractivity contribution in [3.63, 3.8) is 0 Å². The van der Waals surface area contributed by atoms with E-state index >= 15 is 0 Å². The standard InChI is InChI=1S/C24H25BrN4O2/c25-17-8-10-22(26-13-17)28-23(30)16-4-3-11-29(14-16)24(31)15-7-9-21-19(12-15)18-5-1-2-6-20(18)27-21/h7-10,12-13,16,27H,1-6,11,14H2,(H,26,28,30). The molecule has 7 heteroatoms. The van der Waals surface area contributed by atoms with Gasteiger partial charge in [-0.05, 0) is 90.4 Å². The van der Waals surface area contributed by atoms with E-state index in [9.17, 15) is 9.59 Å². The summed E-state index contributed by atoms with van der Waals surface area (Å²) < 4.78 is 0.862. The first-order valence-electron chi connectivity index (χ1n) is 10.9. The molecular weight excluding hydrogens is 456 g/mol. The SMILES string of the molecule is O=C(Nc1ccc(Br)cn1)C1CCCN(C(=O)c2ccc3[nH]c4c(c3c2)CCCC4)C1. The third-order valence-electron chi connectivity index (χ3n) is 6.40. The van der Waals surface area contributed by atoms with Crippen LogP contribution in [-0.2, 0) is 17.6 Å². The van der Waals surface area contributed by atoms with Crippen LogP contribution in [0.5, 0.6) is 0 Å². The van der Waals surface area contributed by atoms with Crippen LogP contribution in [0, 0.1) is 5.92 Å². The number of benzene rings is 1. The lowest BCUT2D eigenvalue weighted by Crippen LogP contribution is -2.43. The number of carbonyl (C=O) groups excluding carboxylic acids is 2. The Labute approximate surface area is 189 Å². The van der Waals surface area contributed by atoms with Gasteiger partial charge in [-0.1, -0.05) is 0 Å². The van der Waals surface area contributed by atoms with Crippen molar-refractivity contribution in [1.29, 1.82) is 0 Å². The first-order chi connectivity index (χ1) is 15.1. The average molecular weight is 481 g/mol. The molecule has 2 aromatic heterocycles. The molecular formula is C24H25BrN4O2. The first-order valence-corrected chi connectivity index (χ1v) is 11.7. The molecule has 1 fully saturated rings. The molecule has 0 radical (unpaired) electrons. The zero-order valence-corrected chi connectivity index (χ0v) is 18.9. The summed E-state index contributed by atoms with van der Waals surface area (Å²) in [4.78, 5) is 35.6. The third-order valence-corrected chi connectivity index (χ3v) is 6.87. The number of H-pyrrole nitrogens is 1. The number of fused-ring (bicyclic) bond motifs is 3. The lowest BCUT2D eigenvalue weighted by atomic mass is 9.94. The maximum absolute atomic E-state index is 13.3. The van der Waals surface area contributed by atoms with E-state index < -0.39 is 0 Å². The van der Waals surface area contributed by atoms with E-state index in [-0.39, 0.29) is 17.7 Å². The van der Waals surface area contributed by atoms with Gasteiger partial charge in [0.25, 0.3) is 5.91 Å². The number of rotatable bonds is 3. The molecule has 3 aromatic rings. The largest absolute Gasteiger partial charge is 0.358 e. The Morgan fingerprint density at radius 2 is 2.00 bits per heavy atom. The smallest absolute Gasteiger partial charge is 0.253 e. The van der Waals surface area contributed by atoms with Crippen LogP contribution < -0.4 is 5.32 Å². The van der Waals surface area contributed by atoms with Crippen molar-refractivity contribution in [2.75, 3.05) is 18.4 Å². The fraction of sp³-hybridized carbons (Fsp3) is 0.375. The highest BCUT2D eigenvalue weighted by Gasteiger charge is 2.29. The summed E-state index contributed by atoms with van der Waals surface area (Å²) in [6, 6.07) is 9.57. The Morgan fingerprint density at radius 3 is 2.84 bits per heavy atom. The molecule has 5 rings (SSSR count). The number of nitrogens with one attached hydrogen (secondary N) is 2. The second-order valence-electron chi connectivity index (χ2n) is 8.49. The van der Waals surface area contributed by atoms with Crippen LogP contribution in [-0.4, -0.2) is 39.8 Å². The Bertz CT molecular complexity index is 1140. The number of hydrogen-bond donors (Lipinski definition) is 2. The molecule has 6 nitrogen and oxygen atoms in total. The highest BCUT2D eigenvalue weighted by molar-refractivity contribution is 9.10. The maximum Gasteiger partial charge on any atom is 0.253 e. The number of piperidine rings is 1. The maximum atomic E-state index is 13.3. The molecule has 0 saturated carbocycles. The van der Waals surface area contributed by atoms with Crippen LogP contribution in [0.1, 0.15) is 47.3 Å². The van der Waals surface area contributed by atoms with Crippen molar-refractivity contribution >= 4 is 44.5 Å². The minimum atomic E-state index is -0.230. The van der Waals surface area contributed by atoms with E-state index in [1.54, 1.807) is 12.3 Å². The number of hydrogen-bond acceptors (Lipinski definition) is 3. The number of aromatic amines is 1. The fourth-order valence-electron chi connectivity index (χ4n) is 4.78. The van der Waals surface area contributed by atoms with Crippen molar-refractivity contribution < 1.29 is 9.59 Å². The summed E-state index contributed by atoms with van der Waals surface area (Å²) in [5, 5.41) is 4.05. The molecule has 1 unspecified atom stereocenters. The molecule has 3 heterocycles. The Morgan fingerprint density at radius 1 is 1.13 bits per heavy atom. The minimum Gasteiger partial charge on any atom is -0.358 e. The van der Waals surface area contributed by atoms with E-state index in [0.717, 1.165) is 35.7 Å². The number of aromatic nitrogens is 2. The molecule has 1 aromatic carbocycles. The fourth-order valence-corrected chi connectivity index (χ4v) is 5.01. The van der Waals surface area contributed by atoms with Crippen LogP contribution in [0.15, 0.2) is 41.0 Å². The molecule has 31 heavy (non-hydrogen) atoms.